The summed E-state index contributed by atoms with van der Waals surface area (Å²) in [6.07, 6.45) is 3.60. The Morgan fingerprint density at radius 2 is 1.77 bits per heavy atom. The van der Waals surface area contributed by atoms with Crippen LogP contribution in [0.2, 0.25) is 0 Å². The fourth-order valence-electron chi connectivity index (χ4n) is 2.00. The Morgan fingerprint density at radius 1 is 1.09 bits per heavy atom. The van der Waals surface area contributed by atoms with Crippen molar-refractivity contribution in [3.63, 3.8) is 0 Å². The summed E-state index contributed by atoms with van der Waals surface area (Å²) in [4.78, 5) is 27.2. The Kier molecular flexibility index (Phi) is 5.62. The molecule has 2 rings (SSSR count). The van der Waals surface area contributed by atoms with Crippen molar-refractivity contribution in [3.8, 4) is 0 Å². The summed E-state index contributed by atoms with van der Waals surface area (Å²) in [5, 5.41) is 0. The first kappa shape index (κ1) is 15.7. The van der Waals surface area contributed by atoms with E-state index < -0.39 is 11.8 Å². The summed E-state index contributed by atoms with van der Waals surface area (Å²) < 4.78 is 0. The molecule has 0 saturated heterocycles. The van der Waals surface area contributed by atoms with Crippen molar-refractivity contribution in [2.75, 3.05) is 6.54 Å². The summed E-state index contributed by atoms with van der Waals surface area (Å²) in [5.41, 5.74) is 12.2. The van der Waals surface area contributed by atoms with Crippen LogP contribution in [0.5, 0.6) is 0 Å². The molecule has 1 aromatic carbocycles. The van der Waals surface area contributed by atoms with Gasteiger partial charge in [-0.3, -0.25) is 20.0 Å². The number of aromatic nitrogens is 1. The van der Waals surface area contributed by atoms with Gasteiger partial charge < -0.3 is 5.73 Å². The maximum absolute atomic E-state index is 11.8. The number of carbonyl (C=O) groups excluding carboxylic acids is 2. The Hall–Kier alpha value is -2.73. The van der Waals surface area contributed by atoms with Gasteiger partial charge in [0.2, 0.25) is 5.91 Å². The second-order valence-corrected chi connectivity index (χ2v) is 4.86. The van der Waals surface area contributed by atoms with Gasteiger partial charge in [-0.25, -0.2) is 5.43 Å². The van der Waals surface area contributed by atoms with Gasteiger partial charge in [0.15, 0.2) is 0 Å². The SMILES string of the molecule is NC(=O)C(CNNC(=O)c1ccncc1)Cc1ccccc1. The molecule has 1 unspecified atom stereocenters. The molecule has 0 fully saturated rings. The lowest BCUT2D eigenvalue weighted by Gasteiger charge is -2.15. The minimum Gasteiger partial charge on any atom is -0.369 e. The number of nitrogens with one attached hydrogen (secondary N) is 2. The Bertz CT molecular complexity index is 617. The molecule has 114 valence electrons. The van der Waals surface area contributed by atoms with E-state index in [0.717, 1.165) is 5.56 Å². The van der Waals surface area contributed by atoms with Crippen LogP contribution in [0.1, 0.15) is 15.9 Å². The van der Waals surface area contributed by atoms with E-state index in [0.29, 0.717) is 12.0 Å². The molecule has 1 heterocycles. The predicted molar refractivity (Wildman–Crippen MR) is 82.5 cm³/mol. The van der Waals surface area contributed by atoms with Crippen molar-refractivity contribution in [1.82, 2.24) is 15.8 Å². The van der Waals surface area contributed by atoms with Crippen LogP contribution in [0.15, 0.2) is 54.9 Å². The average molecular weight is 298 g/mol. The first-order valence-electron chi connectivity index (χ1n) is 6.93. The molecule has 6 nitrogen and oxygen atoms in total. The zero-order valence-corrected chi connectivity index (χ0v) is 12.0. The molecular formula is C16H18N4O2. The van der Waals surface area contributed by atoms with Gasteiger partial charge in [-0.2, -0.15) is 0 Å². The number of nitrogens with two attached hydrogens (primary N) is 1. The van der Waals surface area contributed by atoms with Crippen molar-refractivity contribution >= 4 is 11.8 Å². The van der Waals surface area contributed by atoms with Gasteiger partial charge in [0, 0.05) is 24.5 Å². The van der Waals surface area contributed by atoms with Crippen LogP contribution < -0.4 is 16.6 Å². The van der Waals surface area contributed by atoms with Gasteiger partial charge in [0.1, 0.15) is 0 Å². The lowest BCUT2D eigenvalue weighted by Crippen LogP contribution is -2.43. The van der Waals surface area contributed by atoms with Gasteiger partial charge >= 0.3 is 0 Å². The molecule has 6 heteroatoms. The molecule has 2 amide bonds. The normalized spacial score (nSPS) is 11.6. The number of pyridine rings is 1. The highest BCUT2D eigenvalue weighted by Gasteiger charge is 2.16. The maximum atomic E-state index is 11.8. The molecule has 0 aliphatic carbocycles. The van der Waals surface area contributed by atoms with Gasteiger partial charge in [-0.15, -0.1) is 0 Å². The Balaban J connectivity index is 1.85. The molecule has 1 aromatic heterocycles. The van der Waals surface area contributed by atoms with Crippen LogP contribution in [0, 0.1) is 5.92 Å². The fraction of sp³-hybridized carbons (Fsp3) is 0.188. The average Bonchev–Trinajstić information content (AvgIpc) is 2.55. The van der Waals surface area contributed by atoms with Crippen LogP contribution in [0.4, 0.5) is 0 Å². The minimum atomic E-state index is -0.408. The quantitative estimate of drug-likeness (QED) is 0.654. The number of hydrogen-bond donors (Lipinski definition) is 3. The van der Waals surface area contributed by atoms with E-state index in [4.69, 9.17) is 5.73 Å². The summed E-state index contributed by atoms with van der Waals surface area (Å²) in [7, 11) is 0. The number of hydrazine groups is 1. The summed E-state index contributed by atoms with van der Waals surface area (Å²) in [6.45, 7) is 0.265. The molecule has 0 bridgehead atoms. The molecule has 0 aliphatic rings. The monoisotopic (exact) mass is 298 g/mol. The summed E-state index contributed by atoms with van der Waals surface area (Å²) in [6, 6.07) is 12.8. The third-order valence-electron chi connectivity index (χ3n) is 3.22. The number of amides is 2. The van der Waals surface area contributed by atoms with E-state index in [1.54, 1.807) is 12.1 Å². The van der Waals surface area contributed by atoms with Crippen molar-refractivity contribution in [3.05, 3.63) is 66.0 Å². The zero-order valence-electron chi connectivity index (χ0n) is 12.0. The summed E-state index contributed by atoms with van der Waals surface area (Å²) in [5.74, 6) is -1.10. The largest absolute Gasteiger partial charge is 0.369 e. The molecular weight excluding hydrogens is 280 g/mol. The van der Waals surface area contributed by atoms with Gasteiger partial charge in [-0.1, -0.05) is 30.3 Å². The minimum absolute atomic E-state index is 0.265. The second-order valence-electron chi connectivity index (χ2n) is 4.86. The highest BCUT2D eigenvalue weighted by atomic mass is 16.2. The van der Waals surface area contributed by atoms with Gasteiger partial charge in [0.25, 0.3) is 5.91 Å². The third-order valence-corrected chi connectivity index (χ3v) is 3.22. The van der Waals surface area contributed by atoms with E-state index >= 15 is 0 Å². The molecule has 0 saturated carbocycles. The van der Waals surface area contributed by atoms with E-state index in [1.165, 1.54) is 12.4 Å². The Morgan fingerprint density at radius 3 is 2.41 bits per heavy atom. The number of primary amides is 1. The Labute approximate surface area is 128 Å². The lowest BCUT2D eigenvalue weighted by atomic mass is 9.99. The molecule has 0 aliphatic heterocycles. The van der Waals surface area contributed by atoms with E-state index in [-0.39, 0.29) is 12.5 Å². The fourth-order valence-corrected chi connectivity index (χ4v) is 2.00. The van der Waals surface area contributed by atoms with Crippen LogP contribution in [-0.4, -0.2) is 23.3 Å². The lowest BCUT2D eigenvalue weighted by molar-refractivity contribution is -0.121. The second kappa shape index (κ2) is 7.90. The van der Waals surface area contributed by atoms with E-state index in [2.05, 4.69) is 15.8 Å². The van der Waals surface area contributed by atoms with Crippen LogP contribution in [0.25, 0.3) is 0 Å². The topological polar surface area (TPSA) is 97.1 Å². The first-order chi connectivity index (χ1) is 10.7. The smallest absolute Gasteiger partial charge is 0.265 e. The molecule has 4 N–H and O–H groups in total. The number of benzene rings is 1. The maximum Gasteiger partial charge on any atom is 0.265 e. The third kappa shape index (κ3) is 4.68. The van der Waals surface area contributed by atoms with Gasteiger partial charge in [0.05, 0.1) is 5.92 Å². The number of nitrogens with zero attached hydrogens (tertiary/aromatic N) is 1. The van der Waals surface area contributed by atoms with E-state index in [9.17, 15) is 9.59 Å². The standard InChI is InChI=1S/C16H18N4O2/c17-15(21)14(10-12-4-2-1-3-5-12)11-19-20-16(22)13-6-8-18-9-7-13/h1-9,14,19H,10-11H2,(H2,17,21)(H,20,22). The molecule has 0 radical (unpaired) electrons. The number of rotatable bonds is 7. The predicted octanol–water partition coefficient (Wildman–Crippen LogP) is 0.660. The van der Waals surface area contributed by atoms with Crippen molar-refractivity contribution < 1.29 is 9.59 Å². The number of carbonyl (C=O) groups is 2. The zero-order chi connectivity index (χ0) is 15.8. The van der Waals surface area contributed by atoms with Crippen molar-refractivity contribution in [2.24, 2.45) is 11.7 Å². The highest BCUT2D eigenvalue weighted by molar-refractivity contribution is 5.93. The van der Waals surface area contributed by atoms with Crippen LogP contribution in [0.3, 0.4) is 0 Å². The van der Waals surface area contributed by atoms with Crippen LogP contribution >= 0.6 is 0 Å². The van der Waals surface area contributed by atoms with E-state index in [1.807, 2.05) is 30.3 Å². The summed E-state index contributed by atoms with van der Waals surface area (Å²) >= 11 is 0. The van der Waals surface area contributed by atoms with Crippen molar-refractivity contribution in [2.45, 2.75) is 6.42 Å². The van der Waals surface area contributed by atoms with Crippen LogP contribution in [-0.2, 0) is 11.2 Å². The highest BCUT2D eigenvalue weighted by Crippen LogP contribution is 2.07. The molecule has 0 spiro atoms. The van der Waals surface area contributed by atoms with Crippen molar-refractivity contribution in [1.29, 1.82) is 0 Å². The number of hydrogen-bond acceptors (Lipinski definition) is 4. The molecule has 22 heavy (non-hydrogen) atoms. The first-order valence-corrected chi connectivity index (χ1v) is 6.93. The molecule has 2 aromatic rings. The van der Waals surface area contributed by atoms with Gasteiger partial charge in [-0.05, 0) is 24.1 Å². The molecule has 1 atom stereocenters.